The van der Waals surface area contributed by atoms with E-state index >= 15 is 0 Å². The van der Waals surface area contributed by atoms with E-state index in [9.17, 15) is 9.00 Å². The van der Waals surface area contributed by atoms with Crippen molar-refractivity contribution in [2.75, 3.05) is 5.75 Å². The van der Waals surface area contributed by atoms with Crippen molar-refractivity contribution in [2.24, 2.45) is 0 Å². The highest BCUT2D eigenvalue weighted by Crippen LogP contribution is 2.34. The van der Waals surface area contributed by atoms with Crippen molar-refractivity contribution in [1.82, 2.24) is 0 Å². The molecule has 22 heavy (non-hydrogen) atoms. The standard InChI is InChI=1S/C19H30O2S/c1-12(2)16-10-17(13(3)4)19(18(11-16)14(5)6)22(21)9-8-15(7)20/h10-14H,8-9H2,1-7H3. The maximum atomic E-state index is 12.8. The molecule has 2 nitrogen and oxygen atoms in total. The fourth-order valence-corrected chi connectivity index (χ4v) is 4.28. The quantitative estimate of drug-likeness (QED) is 0.696. The summed E-state index contributed by atoms with van der Waals surface area (Å²) < 4.78 is 12.8. The molecule has 0 aromatic heterocycles. The van der Waals surface area contributed by atoms with Crippen molar-refractivity contribution < 1.29 is 9.00 Å². The van der Waals surface area contributed by atoms with Crippen LogP contribution in [0.15, 0.2) is 17.0 Å². The molecule has 1 aromatic carbocycles. The number of hydrogen-bond acceptors (Lipinski definition) is 2. The molecule has 0 radical (unpaired) electrons. The van der Waals surface area contributed by atoms with E-state index in [1.807, 2.05) is 0 Å². The molecule has 1 atom stereocenters. The molecule has 0 aliphatic heterocycles. The normalized spacial score (nSPS) is 13.2. The lowest BCUT2D eigenvalue weighted by Gasteiger charge is -2.22. The van der Waals surface area contributed by atoms with E-state index in [0.29, 0.717) is 29.9 Å². The molecular formula is C19H30O2S. The summed E-state index contributed by atoms with van der Waals surface area (Å²) in [7, 11) is -1.11. The minimum atomic E-state index is -1.11. The first-order valence-corrected chi connectivity index (χ1v) is 9.52. The van der Waals surface area contributed by atoms with Gasteiger partial charge in [0.2, 0.25) is 0 Å². The first-order valence-electron chi connectivity index (χ1n) is 8.20. The van der Waals surface area contributed by atoms with Crippen LogP contribution in [0.25, 0.3) is 0 Å². The molecule has 0 saturated heterocycles. The highest BCUT2D eigenvalue weighted by Gasteiger charge is 2.21. The molecule has 0 amide bonds. The van der Waals surface area contributed by atoms with Crippen molar-refractivity contribution in [3.05, 3.63) is 28.8 Å². The van der Waals surface area contributed by atoms with Gasteiger partial charge in [-0.25, -0.2) is 0 Å². The Kier molecular flexibility index (Phi) is 6.98. The molecule has 0 aliphatic carbocycles. The Bertz CT molecular complexity index is 528. The van der Waals surface area contributed by atoms with Crippen LogP contribution in [0.4, 0.5) is 0 Å². The van der Waals surface area contributed by atoms with Gasteiger partial charge in [-0.1, -0.05) is 53.7 Å². The van der Waals surface area contributed by atoms with Crippen LogP contribution in [0.1, 0.15) is 89.3 Å². The second-order valence-electron chi connectivity index (χ2n) is 6.99. The van der Waals surface area contributed by atoms with Gasteiger partial charge in [0.25, 0.3) is 0 Å². The van der Waals surface area contributed by atoms with Crippen LogP contribution in [0, 0.1) is 0 Å². The molecule has 3 heteroatoms. The van der Waals surface area contributed by atoms with Gasteiger partial charge in [0.15, 0.2) is 0 Å². The van der Waals surface area contributed by atoms with Crippen LogP contribution in [0.2, 0.25) is 0 Å². The SMILES string of the molecule is CC(=O)CCS(=O)c1c(C(C)C)cc(C(C)C)cc1C(C)C. The minimum absolute atomic E-state index is 0.101. The number of rotatable bonds is 7. The van der Waals surface area contributed by atoms with E-state index in [0.717, 1.165) is 4.90 Å². The van der Waals surface area contributed by atoms with Crippen molar-refractivity contribution >= 4 is 16.6 Å². The summed E-state index contributed by atoms with van der Waals surface area (Å²) in [5.74, 6) is 1.63. The third-order valence-corrected chi connectivity index (χ3v) is 5.45. The zero-order chi connectivity index (χ0) is 17.0. The Balaban J connectivity index is 3.44. The highest BCUT2D eigenvalue weighted by atomic mass is 32.2. The molecular weight excluding hydrogens is 292 g/mol. The second kappa shape index (κ2) is 8.05. The van der Waals surface area contributed by atoms with Crippen molar-refractivity contribution in [2.45, 2.75) is 77.5 Å². The molecule has 0 aliphatic rings. The third-order valence-electron chi connectivity index (χ3n) is 3.95. The maximum Gasteiger partial charge on any atom is 0.130 e. The van der Waals surface area contributed by atoms with E-state index in [1.165, 1.54) is 16.7 Å². The zero-order valence-electron chi connectivity index (χ0n) is 15.0. The van der Waals surface area contributed by atoms with E-state index in [1.54, 1.807) is 6.92 Å². The van der Waals surface area contributed by atoms with Crippen molar-refractivity contribution in [1.29, 1.82) is 0 Å². The number of benzene rings is 1. The summed E-state index contributed by atoms with van der Waals surface area (Å²) in [6, 6.07) is 4.42. The molecule has 0 spiro atoms. The lowest BCUT2D eigenvalue weighted by molar-refractivity contribution is -0.116. The Hall–Kier alpha value is -0.960. The number of carbonyl (C=O) groups is 1. The maximum absolute atomic E-state index is 12.8. The summed E-state index contributed by atoms with van der Waals surface area (Å²) in [5.41, 5.74) is 3.66. The summed E-state index contributed by atoms with van der Waals surface area (Å²) in [6.07, 6.45) is 0.383. The van der Waals surface area contributed by atoms with Crippen molar-refractivity contribution in [3.63, 3.8) is 0 Å². The Morgan fingerprint density at radius 2 is 1.41 bits per heavy atom. The molecule has 0 N–H and O–H groups in total. The van der Waals surface area contributed by atoms with E-state index < -0.39 is 10.8 Å². The Morgan fingerprint density at radius 1 is 0.955 bits per heavy atom. The van der Waals surface area contributed by atoms with Gasteiger partial charge >= 0.3 is 0 Å². The van der Waals surface area contributed by atoms with Crippen LogP contribution in [-0.2, 0) is 15.6 Å². The molecule has 0 fully saturated rings. The summed E-state index contributed by atoms with van der Waals surface area (Å²) in [4.78, 5) is 12.2. The van der Waals surface area contributed by atoms with Gasteiger partial charge in [0, 0.05) is 17.1 Å². The molecule has 0 heterocycles. The lowest BCUT2D eigenvalue weighted by atomic mass is 9.89. The molecule has 1 rings (SSSR count). The number of Topliss-reactive ketones (excluding diaryl/α,β-unsaturated/α-hetero) is 1. The second-order valence-corrected chi connectivity index (χ2v) is 8.50. The van der Waals surface area contributed by atoms with Gasteiger partial charge < -0.3 is 0 Å². The first kappa shape index (κ1) is 19.1. The van der Waals surface area contributed by atoms with Gasteiger partial charge in [-0.15, -0.1) is 0 Å². The summed E-state index contributed by atoms with van der Waals surface area (Å²) >= 11 is 0. The minimum Gasteiger partial charge on any atom is -0.300 e. The third kappa shape index (κ3) is 4.77. The van der Waals surface area contributed by atoms with Crippen molar-refractivity contribution in [3.8, 4) is 0 Å². The van der Waals surface area contributed by atoms with Gasteiger partial charge in [-0.2, -0.15) is 0 Å². The average molecular weight is 323 g/mol. The predicted octanol–water partition coefficient (Wildman–Crippen LogP) is 5.14. The monoisotopic (exact) mass is 322 g/mol. The fraction of sp³-hybridized carbons (Fsp3) is 0.632. The largest absolute Gasteiger partial charge is 0.300 e. The Morgan fingerprint density at radius 3 is 1.73 bits per heavy atom. The molecule has 1 unspecified atom stereocenters. The smallest absolute Gasteiger partial charge is 0.130 e. The molecule has 0 saturated carbocycles. The first-order chi connectivity index (χ1) is 10.1. The predicted molar refractivity (Wildman–Crippen MR) is 95.3 cm³/mol. The van der Waals surface area contributed by atoms with Crippen LogP contribution < -0.4 is 0 Å². The van der Waals surface area contributed by atoms with Gasteiger partial charge in [-0.3, -0.25) is 9.00 Å². The number of ketones is 1. The summed E-state index contributed by atoms with van der Waals surface area (Å²) in [5, 5.41) is 0. The topological polar surface area (TPSA) is 34.1 Å². The van der Waals surface area contributed by atoms with Gasteiger partial charge in [0.05, 0.1) is 10.8 Å². The lowest BCUT2D eigenvalue weighted by Crippen LogP contribution is -2.11. The number of carbonyl (C=O) groups excluding carboxylic acids is 1. The van der Waals surface area contributed by atoms with E-state index in [4.69, 9.17) is 0 Å². The summed E-state index contributed by atoms with van der Waals surface area (Å²) in [6.45, 7) is 14.5. The molecule has 1 aromatic rings. The van der Waals surface area contributed by atoms with Gasteiger partial charge in [0.1, 0.15) is 5.78 Å². The van der Waals surface area contributed by atoms with Crippen LogP contribution in [-0.4, -0.2) is 15.7 Å². The van der Waals surface area contributed by atoms with E-state index in [2.05, 4.69) is 53.7 Å². The van der Waals surface area contributed by atoms with Crippen LogP contribution in [0.5, 0.6) is 0 Å². The molecule has 124 valence electrons. The number of hydrogen-bond donors (Lipinski definition) is 0. The van der Waals surface area contributed by atoms with Crippen LogP contribution >= 0.6 is 0 Å². The zero-order valence-corrected chi connectivity index (χ0v) is 15.8. The fourth-order valence-electron chi connectivity index (χ4n) is 2.49. The van der Waals surface area contributed by atoms with Crippen LogP contribution in [0.3, 0.4) is 0 Å². The Labute approximate surface area is 138 Å². The highest BCUT2D eigenvalue weighted by molar-refractivity contribution is 7.85. The molecule has 0 bridgehead atoms. The van der Waals surface area contributed by atoms with Gasteiger partial charge in [-0.05, 0) is 41.4 Å². The average Bonchev–Trinajstić information content (AvgIpc) is 2.42. The van der Waals surface area contributed by atoms with E-state index in [-0.39, 0.29) is 5.78 Å².